The molecule has 2 amide bonds. The third-order valence-electron chi connectivity index (χ3n) is 5.47. The van der Waals surface area contributed by atoms with E-state index >= 15 is 0 Å². The van der Waals surface area contributed by atoms with Gasteiger partial charge in [-0.15, -0.1) is 0 Å². The Morgan fingerprint density at radius 1 is 1.04 bits per heavy atom. The Kier molecular flexibility index (Phi) is 5.65. The second-order valence-electron chi connectivity index (χ2n) is 7.29. The summed E-state index contributed by atoms with van der Waals surface area (Å²) in [6.45, 7) is 0.404. The largest absolute Gasteiger partial charge is 0.481 e. The van der Waals surface area contributed by atoms with Crippen molar-refractivity contribution in [1.29, 1.82) is 0 Å². The van der Waals surface area contributed by atoms with Crippen molar-refractivity contribution >= 4 is 17.8 Å². The average Bonchev–Trinajstić information content (AvgIpc) is 3.02. The lowest BCUT2D eigenvalue weighted by atomic mass is 9.81. The molecule has 6 heteroatoms. The van der Waals surface area contributed by atoms with E-state index in [1.54, 1.807) is 19.0 Å². The molecule has 0 aliphatic heterocycles. The number of aliphatic carboxylic acids is 1. The van der Waals surface area contributed by atoms with Gasteiger partial charge in [0.05, 0.1) is 11.3 Å². The summed E-state index contributed by atoms with van der Waals surface area (Å²) in [7, 11) is 3.52. The van der Waals surface area contributed by atoms with E-state index in [0.717, 1.165) is 25.7 Å². The van der Waals surface area contributed by atoms with Crippen LogP contribution in [0.25, 0.3) is 0 Å². The minimum Gasteiger partial charge on any atom is -0.481 e. The summed E-state index contributed by atoms with van der Waals surface area (Å²) in [6.07, 6.45) is 6.09. The van der Waals surface area contributed by atoms with Crippen molar-refractivity contribution in [1.82, 2.24) is 10.2 Å². The van der Waals surface area contributed by atoms with Gasteiger partial charge in [0, 0.05) is 26.6 Å². The standard InChI is InChI=1S/C17H28N2O4/c1-19(2)16(23)17(9-3-4-10-17)11-18-14(20)12-5-7-13(8-6-12)15(21)22/h12-13H,3-11H2,1-2H3,(H,18,20)(H,21,22). The zero-order valence-electron chi connectivity index (χ0n) is 14.1. The van der Waals surface area contributed by atoms with Gasteiger partial charge >= 0.3 is 5.97 Å². The summed E-state index contributed by atoms with van der Waals surface area (Å²) in [4.78, 5) is 37.5. The lowest BCUT2D eigenvalue weighted by Crippen LogP contribution is -2.47. The lowest BCUT2D eigenvalue weighted by Gasteiger charge is -2.32. The van der Waals surface area contributed by atoms with E-state index in [0.29, 0.717) is 32.2 Å². The Morgan fingerprint density at radius 3 is 2.04 bits per heavy atom. The monoisotopic (exact) mass is 324 g/mol. The minimum absolute atomic E-state index is 0.0216. The fourth-order valence-electron chi connectivity index (χ4n) is 4.00. The summed E-state index contributed by atoms with van der Waals surface area (Å²) in [6, 6.07) is 0. The highest BCUT2D eigenvalue weighted by molar-refractivity contribution is 5.84. The topological polar surface area (TPSA) is 86.7 Å². The van der Waals surface area contributed by atoms with E-state index < -0.39 is 11.4 Å². The van der Waals surface area contributed by atoms with Gasteiger partial charge in [-0.2, -0.15) is 0 Å². The molecule has 0 spiro atoms. The van der Waals surface area contributed by atoms with E-state index in [4.69, 9.17) is 5.11 Å². The van der Waals surface area contributed by atoms with Crippen LogP contribution in [0.4, 0.5) is 0 Å². The number of nitrogens with zero attached hydrogens (tertiary/aromatic N) is 1. The van der Waals surface area contributed by atoms with E-state index in [1.807, 2.05) is 0 Å². The van der Waals surface area contributed by atoms with Gasteiger partial charge in [0.1, 0.15) is 0 Å². The number of carboxylic acid groups (broad SMARTS) is 1. The van der Waals surface area contributed by atoms with Gasteiger partial charge in [0.2, 0.25) is 11.8 Å². The Hall–Kier alpha value is -1.59. The number of nitrogens with one attached hydrogen (secondary N) is 1. The number of rotatable bonds is 5. The van der Waals surface area contributed by atoms with Crippen molar-refractivity contribution in [3.05, 3.63) is 0 Å². The molecule has 2 saturated carbocycles. The van der Waals surface area contributed by atoms with Crippen LogP contribution >= 0.6 is 0 Å². The van der Waals surface area contributed by atoms with Gasteiger partial charge < -0.3 is 15.3 Å². The highest BCUT2D eigenvalue weighted by Crippen LogP contribution is 2.39. The highest BCUT2D eigenvalue weighted by Gasteiger charge is 2.42. The molecule has 0 heterocycles. The second kappa shape index (κ2) is 7.32. The molecule has 130 valence electrons. The van der Waals surface area contributed by atoms with Crippen LogP contribution in [0.2, 0.25) is 0 Å². The van der Waals surface area contributed by atoms with Crippen LogP contribution in [0.5, 0.6) is 0 Å². The Morgan fingerprint density at radius 2 is 1.57 bits per heavy atom. The van der Waals surface area contributed by atoms with Crippen molar-refractivity contribution < 1.29 is 19.5 Å². The Labute approximate surface area is 137 Å². The van der Waals surface area contributed by atoms with Crippen molar-refractivity contribution in [2.24, 2.45) is 17.3 Å². The fourth-order valence-corrected chi connectivity index (χ4v) is 4.00. The third-order valence-corrected chi connectivity index (χ3v) is 5.47. The van der Waals surface area contributed by atoms with Crippen LogP contribution in [0.15, 0.2) is 0 Å². The maximum Gasteiger partial charge on any atom is 0.306 e. The average molecular weight is 324 g/mol. The zero-order chi connectivity index (χ0) is 17.0. The van der Waals surface area contributed by atoms with Crippen molar-refractivity contribution in [2.45, 2.75) is 51.4 Å². The van der Waals surface area contributed by atoms with Crippen LogP contribution < -0.4 is 5.32 Å². The maximum atomic E-state index is 12.5. The molecule has 0 atom stereocenters. The Bertz CT molecular complexity index is 461. The van der Waals surface area contributed by atoms with Crippen molar-refractivity contribution in [3.8, 4) is 0 Å². The maximum absolute atomic E-state index is 12.5. The summed E-state index contributed by atoms with van der Waals surface area (Å²) >= 11 is 0. The molecule has 0 aromatic heterocycles. The van der Waals surface area contributed by atoms with Crippen LogP contribution in [-0.2, 0) is 14.4 Å². The normalized spacial score (nSPS) is 26.5. The Balaban J connectivity index is 1.88. The first-order chi connectivity index (χ1) is 10.9. The first-order valence-electron chi connectivity index (χ1n) is 8.58. The van der Waals surface area contributed by atoms with Crippen molar-refractivity contribution in [2.75, 3.05) is 20.6 Å². The van der Waals surface area contributed by atoms with Gasteiger partial charge in [-0.25, -0.2) is 0 Å². The first-order valence-corrected chi connectivity index (χ1v) is 8.58. The van der Waals surface area contributed by atoms with E-state index in [-0.39, 0.29) is 23.7 Å². The smallest absolute Gasteiger partial charge is 0.306 e. The van der Waals surface area contributed by atoms with Gasteiger partial charge in [0.15, 0.2) is 0 Å². The van der Waals surface area contributed by atoms with Gasteiger partial charge in [-0.1, -0.05) is 12.8 Å². The quantitative estimate of drug-likeness (QED) is 0.805. The predicted octanol–water partition coefficient (Wildman–Crippen LogP) is 1.64. The van der Waals surface area contributed by atoms with Crippen molar-refractivity contribution in [3.63, 3.8) is 0 Å². The zero-order valence-corrected chi connectivity index (χ0v) is 14.1. The van der Waals surface area contributed by atoms with Crippen LogP contribution in [0.1, 0.15) is 51.4 Å². The number of hydrogen-bond acceptors (Lipinski definition) is 3. The number of hydrogen-bond donors (Lipinski definition) is 2. The molecule has 23 heavy (non-hydrogen) atoms. The summed E-state index contributed by atoms with van der Waals surface area (Å²) in [5, 5.41) is 12.0. The third kappa shape index (κ3) is 4.03. The van der Waals surface area contributed by atoms with Gasteiger partial charge in [-0.05, 0) is 38.5 Å². The molecule has 0 unspecified atom stereocenters. The molecule has 0 saturated heterocycles. The molecule has 2 fully saturated rings. The van der Waals surface area contributed by atoms with Crippen LogP contribution in [0, 0.1) is 17.3 Å². The van der Waals surface area contributed by atoms with Gasteiger partial charge in [0.25, 0.3) is 0 Å². The minimum atomic E-state index is -0.759. The highest BCUT2D eigenvalue weighted by atomic mass is 16.4. The number of carbonyl (C=O) groups excluding carboxylic acids is 2. The summed E-state index contributed by atoms with van der Waals surface area (Å²) < 4.78 is 0. The van der Waals surface area contributed by atoms with Crippen LogP contribution in [0.3, 0.4) is 0 Å². The SMILES string of the molecule is CN(C)C(=O)C1(CNC(=O)C2CCC(C(=O)O)CC2)CCCC1. The molecule has 2 rings (SSSR count). The number of carboxylic acids is 1. The molecule has 6 nitrogen and oxygen atoms in total. The van der Waals surface area contributed by atoms with E-state index in [9.17, 15) is 14.4 Å². The summed E-state index contributed by atoms with van der Waals surface area (Å²) in [5.74, 6) is -1.10. The lowest BCUT2D eigenvalue weighted by molar-refractivity contribution is -0.144. The first kappa shape index (κ1) is 17.8. The molecule has 2 N–H and O–H groups in total. The van der Waals surface area contributed by atoms with Crippen LogP contribution in [-0.4, -0.2) is 48.4 Å². The molecule has 0 aromatic carbocycles. The molecule has 2 aliphatic carbocycles. The van der Waals surface area contributed by atoms with Gasteiger partial charge in [-0.3, -0.25) is 14.4 Å². The fraction of sp³-hybridized carbons (Fsp3) is 0.824. The number of amides is 2. The van der Waals surface area contributed by atoms with E-state index in [1.165, 1.54) is 0 Å². The van der Waals surface area contributed by atoms with E-state index in [2.05, 4.69) is 5.32 Å². The predicted molar refractivity (Wildman–Crippen MR) is 85.7 cm³/mol. The molecule has 0 bridgehead atoms. The summed E-state index contributed by atoms with van der Waals surface area (Å²) in [5.41, 5.74) is -0.447. The molecule has 0 aromatic rings. The second-order valence-corrected chi connectivity index (χ2v) is 7.29. The number of carbonyl (C=O) groups is 3. The molecule has 0 radical (unpaired) electrons. The molecular formula is C17H28N2O4. The molecular weight excluding hydrogens is 296 g/mol. The molecule has 2 aliphatic rings.